The summed E-state index contributed by atoms with van der Waals surface area (Å²) < 4.78 is 11.4. The van der Waals surface area contributed by atoms with Gasteiger partial charge in [-0.15, -0.1) is 0 Å². The molecule has 0 aromatic heterocycles. The highest BCUT2D eigenvalue weighted by molar-refractivity contribution is 5.74. The summed E-state index contributed by atoms with van der Waals surface area (Å²) in [7, 11) is 0. The van der Waals surface area contributed by atoms with E-state index in [0.717, 1.165) is 24.3 Å². The van der Waals surface area contributed by atoms with E-state index in [1.54, 1.807) is 0 Å². The quantitative estimate of drug-likeness (QED) is 0.869. The fourth-order valence-electron chi connectivity index (χ4n) is 2.15. The summed E-state index contributed by atoms with van der Waals surface area (Å²) in [5.74, 6) is 1.48. The van der Waals surface area contributed by atoms with Crippen LogP contribution in [0.3, 0.4) is 0 Å². The molecule has 110 valence electrons. The van der Waals surface area contributed by atoms with Crippen LogP contribution in [0.25, 0.3) is 0 Å². The molecule has 0 saturated heterocycles. The molecule has 2 atom stereocenters. The van der Waals surface area contributed by atoms with Gasteiger partial charge in [-0.2, -0.15) is 0 Å². The van der Waals surface area contributed by atoms with Crippen molar-refractivity contribution in [2.24, 2.45) is 0 Å². The molecule has 0 saturated carbocycles. The number of carbonyl (C=O) groups excluding carboxylic acids is 1. The summed E-state index contributed by atoms with van der Waals surface area (Å²) in [6.07, 6.45) is 1.87. The first-order chi connectivity index (χ1) is 9.69. The summed E-state index contributed by atoms with van der Waals surface area (Å²) in [6, 6.07) is 7.57. The SMILES string of the molecule is CCC[C@@H](C)NC(=O)NC[C@@H]1COc2ccccc2O1. The van der Waals surface area contributed by atoms with Crippen LogP contribution in [0.5, 0.6) is 11.5 Å². The minimum Gasteiger partial charge on any atom is -0.486 e. The highest BCUT2D eigenvalue weighted by atomic mass is 16.6. The Hall–Kier alpha value is -1.91. The molecule has 0 radical (unpaired) electrons. The molecule has 5 nitrogen and oxygen atoms in total. The first-order valence-electron chi connectivity index (χ1n) is 7.12. The maximum atomic E-state index is 11.7. The van der Waals surface area contributed by atoms with E-state index < -0.39 is 0 Å². The standard InChI is InChI=1S/C15H22N2O3/c1-3-6-11(2)17-15(18)16-9-12-10-19-13-7-4-5-8-14(13)20-12/h4-5,7-8,11-12H,3,6,9-10H2,1-2H3,(H2,16,17,18)/t11-,12-/m1/s1. The van der Waals surface area contributed by atoms with Crippen molar-refractivity contribution in [1.29, 1.82) is 0 Å². The third kappa shape index (κ3) is 4.05. The van der Waals surface area contributed by atoms with Crippen LogP contribution >= 0.6 is 0 Å². The lowest BCUT2D eigenvalue weighted by Crippen LogP contribution is -2.46. The van der Waals surface area contributed by atoms with Gasteiger partial charge in [0.25, 0.3) is 0 Å². The van der Waals surface area contributed by atoms with E-state index in [4.69, 9.17) is 9.47 Å². The van der Waals surface area contributed by atoms with E-state index in [2.05, 4.69) is 17.6 Å². The molecule has 5 heteroatoms. The van der Waals surface area contributed by atoms with Crippen LogP contribution in [0.15, 0.2) is 24.3 Å². The molecular weight excluding hydrogens is 256 g/mol. The molecule has 2 N–H and O–H groups in total. The van der Waals surface area contributed by atoms with Crippen molar-refractivity contribution in [1.82, 2.24) is 10.6 Å². The van der Waals surface area contributed by atoms with Gasteiger partial charge in [0.1, 0.15) is 6.61 Å². The van der Waals surface area contributed by atoms with Crippen molar-refractivity contribution in [3.05, 3.63) is 24.3 Å². The Morgan fingerprint density at radius 3 is 2.90 bits per heavy atom. The second-order valence-corrected chi connectivity index (χ2v) is 5.04. The third-order valence-electron chi connectivity index (χ3n) is 3.16. The second-order valence-electron chi connectivity index (χ2n) is 5.04. The van der Waals surface area contributed by atoms with E-state index in [1.165, 1.54) is 0 Å². The van der Waals surface area contributed by atoms with Crippen LogP contribution in [-0.4, -0.2) is 31.3 Å². The van der Waals surface area contributed by atoms with Crippen molar-refractivity contribution in [3.8, 4) is 11.5 Å². The molecule has 1 aromatic rings. The Bertz CT molecular complexity index is 450. The Kier molecular flexibility index (Phi) is 5.09. The number of ether oxygens (including phenoxy) is 2. The van der Waals surface area contributed by atoms with Crippen LogP contribution in [0, 0.1) is 0 Å². The van der Waals surface area contributed by atoms with E-state index in [1.807, 2.05) is 31.2 Å². The first-order valence-corrected chi connectivity index (χ1v) is 7.12. The Balaban J connectivity index is 1.74. The topological polar surface area (TPSA) is 59.6 Å². The zero-order valence-corrected chi connectivity index (χ0v) is 12.0. The van der Waals surface area contributed by atoms with Gasteiger partial charge >= 0.3 is 6.03 Å². The number of nitrogens with one attached hydrogen (secondary N) is 2. The Labute approximate surface area is 119 Å². The normalized spacial score (nSPS) is 18.2. The fraction of sp³-hybridized carbons (Fsp3) is 0.533. The van der Waals surface area contributed by atoms with Gasteiger partial charge in [0.05, 0.1) is 6.54 Å². The number of carbonyl (C=O) groups is 1. The summed E-state index contributed by atoms with van der Waals surface area (Å²) in [6.45, 7) is 4.97. The largest absolute Gasteiger partial charge is 0.486 e. The minimum atomic E-state index is -0.159. The third-order valence-corrected chi connectivity index (χ3v) is 3.16. The van der Waals surface area contributed by atoms with Crippen LogP contribution in [0.4, 0.5) is 4.79 Å². The lowest BCUT2D eigenvalue weighted by molar-refractivity contribution is 0.0917. The summed E-state index contributed by atoms with van der Waals surface area (Å²) >= 11 is 0. The van der Waals surface area contributed by atoms with Crippen molar-refractivity contribution in [3.63, 3.8) is 0 Å². The highest BCUT2D eigenvalue weighted by Gasteiger charge is 2.21. The minimum absolute atomic E-state index is 0.155. The molecule has 2 rings (SSSR count). The maximum Gasteiger partial charge on any atom is 0.315 e. The summed E-state index contributed by atoms with van der Waals surface area (Å²) in [4.78, 5) is 11.7. The molecule has 1 aliphatic heterocycles. The summed E-state index contributed by atoms with van der Waals surface area (Å²) in [5, 5.41) is 5.71. The smallest absolute Gasteiger partial charge is 0.315 e. The molecule has 1 aliphatic rings. The van der Waals surface area contributed by atoms with Gasteiger partial charge in [-0.3, -0.25) is 0 Å². The van der Waals surface area contributed by atoms with Gasteiger partial charge in [0.2, 0.25) is 0 Å². The molecule has 20 heavy (non-hydrogen) atoms. The lowest BCUT2D eigenvalue weighted by Gasteiger charge is -2.26. The number of benzene rings is 1. The predicted molar refractivity (Wildman–Crippen MR) is 77.3 cm³/mol. The predicted octanol–water partition coefficient (Wildman–Crippen LogP) is 2.31. The zero-order chi connectivity index (χ0) is 14.4. The molecule has 0 fully saturated rings. The lowest BCUT2D eigenvalue weighted by atomic mass is 10.2. The summed E-state index contributed by atoms with van der Waals surface area (Å²) in [5.41, 5.74) is 0. The van der Waals surface area contributed by atoms with Gasteiger partial charge in [-0.1, -0.05) is 25.5 Å². The van der Waals surface area contributed by atoms with Crippen molar-refractivity contribution >= 4 is 6.03 Å². The fourth-order valence-corrected chi connectivity index (χ4v) is 2.15. The van der Waals surface area contributed by atoms with Crippen LogP contribution < -0.4 is 20.1 Å². The monoisotopic (exact) mass is 278 g/mol. The van der Waals surface area contributed by atoms with E-state index in [-0.39, 0.29) is 18.2 Å². The van der Waals surface area contributed by atoms with Gasteiger partial charge in [-0.25, -0.2) is 4.79 Å². The van der Waals surface area contributed by atoms with E-state index in [0.29, 0.717) is 13.2 Å². The molecular formula is C15H22N2O3. The number of hydrogen-bond donors (Lipinski definition) is 2. The number of fused-ring (bicyclic) bond motifs is 1. The van der Waals surface area contributed by atoms with Crippen LogP contribution in [-0.2, 0) is 0 Å². The number of amides is 2. The van der Waals surface area contributed by atoms with Crippen molar-refractivity contribution < 1.29 is 14.3 Å². The molecule has 0 unspecified atom stereocenters. The first kappa shape index (κ1) is 14.5. The van der Waals surface area contributed by atoms with Crippen LogP contribution in [0.1, 0.15) is 26.7 Å². The average Bonchev–Trinajstić information content (AvgIpc) is 2.45. The number of urea groups is 1. The van der Waals surface area contributed by atoms with E-state index >= 15 is 0 Å². The Morgan fingerprint density at radius 1 is 1.40 bits per heavy atom. The van der Waals surface area contributed by atoms with Gasteiger partial charge in [-0.05, 0) is 25.5 Å². The zero-order valence-electron chi connectivity index (χ0n) is 12.0. The van der Waals surface area contributed by atoms with Gasteiger partial charge < -0.3 is 20.1 Å². The molecule has 0 spiro atoms. The molecule has 1 aromatic carbocycles. The van der Waals surface area contributed by atoms with Crippen molar-refractivity contribution in [2.75, 3.05) is 13.2 Å². The maximum absolute atomic E-state index is 11.7. The van der Waals surface area contributed by atoms with Gasteiger partial charge in [0, 0.05) is 6.04 Å². The van der Waals surface area contributed by atoms with E-state index in [9.17, 15) is 4.79 Å². The number of hydrogen-bond acceptors (Lipinski definition) is 3. The second kappa shape index (κ2) is 7.03. The molecule has 2 amide bonds. The average molecular weight is 278 g/mol. The van der Waals surface area contributed by atoms with Crippen LogP contribution in [0.2, 0.25) is 0 Å². The van der Waals surface area contributed by atoms with Gasteiger partial charge in [0.15, 0.2) is 17.6 Å². The molecule has 0 aliphatic carbocycles. The highest BCUT2D eigenvalue weighted by Crippen LogP contribution is 2.30. The Morgan fingerprint density at radius 2 is 2.15 bits per heavy atom. The number of rotatable bonds is 5. The van der Waals surface area contributed by atoms with Crippen molar-refractivity contribution in [2.45, 2.75) is 38.8 Å². The molecule has 0 bridgehead atoms. The molecule has 1 heterocycles. The number of para-hydroxylation sites is 2.